The van der Waals surface area contributed by atoms with E-state index >= 15 is 0 Å². The van der Waals surface area contributed by atoms with Crippen molar-refractivity contribution in [2.45, 2.75) is 31.7 Å². The molecule has 0 unspecified atom stereocenters. The van der Waals surface area contributed by atoms with Gasteiger partial charge in [0.15, 0.2) is 5.72 Å². The number of nitro benzene ring substituents is 1. The lowest BCUT2D eigenvalue weighted by Gasteiger charge is -2.31. The molecule has 152 valence electrons. The predicted molar refractivity (Wildman–Crippen MR) is 97.1 cm³/mol. The number of nitro groups is 1. The molecule has 2 aromatic carbocycles. The maximum absolute atomic E-state index is 13.3. The SMILES string of the molecule is CCc1ccc([C@]2(O)CC(C(F)(F)F)=NN2C(=O)c2ccc([N+](=O)[O-])cc2)cc1. The third-order valence-electron chi connectivity index (χ3n) is 4.65. The first-order valence-corrected chi connectivity index (χ1v) is 8.61. The molecule has 29 heavy (non-hydrogen) atoms. The van der Waals surface area contributed by atoms with Crippen LogP contribution in [0.3, 0.4) is 0 Å². The molecule has 3 rings (SSSR count). The quantitative estimate of drug-likeness (QED) is 0.617. The number of aliphatic hydroxyl groups is 1. The highest BCUT2D eigenvalue weighted by atomic mass is 19.4. The maximum atomic E-state index is 13.3. The van der Waals surface area contributed by atoms with Crippen LogP contribution < -0.4 is 0 Å². The molecular formula is C19H16F3N3O4. The summed E-state index contributed by atoms with van der Waals surface area (Å²) in [6.07, 6.45) is -5.07. The van der Waals surface area contributed by atoms with Crippen LogP contribution in [-0.4, -0.2) is 32.8 Å². The molecular weight excluding hydrogens is 391 g/mol. The topological polar surface area (TPSA) is 96.0 Å². The van der Waals surface area contributed by atoms with Crippen LogP contribution >= 0.6 is 0 Å². The molecule has 0 radical (unpaired) electrons. The van der Waals surface area contributed by atoms with Gasteiger partial charge >= 0.3 is 6.18 Å². The van der Waals surface area contributed by atoms with Gasteiger partial charge in [0.1, 0.15) is 5.71 Å². The van der Waals surface area contributed by atoms with Crippen molar-refractivity contribution in [3.63, 3.8) is 0 Å². The predicted octanol–water partition coefficient (Wildman–Crippen LogP) is 3.77. The molecule has 1 atom stereocenters. The van der Waals surface area contributed by atoms with Crippen molar-refractivity contribution in [2.75, 3.05) is 0 Å². The van der Waals surface area contributed by atoms with Crippen LogP contribution in [0.15, 0.2) is 53.6 Å². The van der Waals surface area contributed by atoms with Gasteiger partial charge in [0.05, 0.1) is 11.3 Å². The van der Waals surface area contributed by atoms with Crippen molar-refractivity contribution in [3.05, 3.63) is 75.3 Å². The summed E-state index contributed by atoms with van der Waals surface area (Å²) in [4.78, 5) is 22.9. The number of aryl methyl sites for hydroxylation is 1. The van der Waals surface area contributed by atoms with Crippen molar-refractivity contribution < 1.29 is 28.0 Å². The molecule has 0 bridgehead atoms. The lowest BCUT2D eigenvalue weighted by Crippen LogP contribution is -2.43. The number of rotatable bonds is 4. The minimum atomic E-state index is -4.83. The normalized spacial score (nSPS) is 19.2. The molecule has 0 aromatic heterocycles. The summed E-state index contributed by atoms with van der Waals surface area (Å²) in [6, 6.07) is 10.5. The van der Waals surface area contributed by atoms with Gasteiger partial charge < -0.3 is 5.11 Å². The molecule has 0 fully saturated rings. The maximum Gasteiger partial charge on any atom is 0.431 e. The van der Waals surface area contributed by atoms with E-state index < -0.39 is 34.9 Å². The van der Waals surface area contributed by atoms with Crippen LogP contribution in [0.2, 0.25) is 0 Å². The molecule has 0 saturated heterocycles. The number of nitrogens with zero attached hydrogens (tertiary/aromatic N) is 3. The number of halogens is 3. The van der Waals surface area contributed by atoms with Crippen molar-refractivity contribution in [2.24, 2.45) is 5.10 Å². The number of alkyl halides is 3. The Morgan fingerprint density at radius 1 is 1.21 bits per heavy atom. The standard InChI is InChI=1S/C19H16F3N3O4/c1-2-12-3-7-14(8-4-12)18(27)11-16(19(20,21)22)23-24(18)17(26)13-5-9-15(10-6-13)25(28)29/h3-10,27H,2,11H2,1H3/t18-/m1/s1. The Morgan fingerprint density at radius 3 is 2.28 bits per heavy atom. The zero-order valence-electron chi connectivity index (χ0n) is 15.2. The van der Waals surface area contributed by atoms with Gasteiger partial charge in [0.2, 0.25) is 0 Å². The summed E-state index contributed by atoms with van der Waals surface area (Å²) in [5.41, 5.74) is -3.08. The fourth-order valence-electron chi connectivity index (χ4n) is 3.00. The molecule has 0 saturated carbocycles. The van der Waals surface area contributed by atoms with Gasteiger partial charge in [-0.2, -0.15) is 23.3 Å². The van der Waals surface area contributed by atoms with Gasteiger partial charge in [-0.05, 0) is 24.1 Å². The number of amides is 1. The minimum Gasteiger partial charge on any atom is -0.365 e. The number of hydrazone groups is 1. The Balaban J connectivity index is 2.03. The molecule has 2 aromatic rings. The first kappa shape index (κ1) is 20.5. The molecule has 10 heteroatoms. The highest BCUT2D eigenvalue weighted by molar-refractivity contribution is 6.00. The molecule has 1 amide bonds. The summed E-state index contributed by atoms with van der Waals surface area (Å²) in [6.45, 7) is 1.90. The number of benzene rings is 2. The van der Waals surface area contributed by atoms with E-state index in [0.717, 1.165) is 29.8 Å². The Bertz CT molecular complexity index is 972. The number of carbonyl (C=O) groups is 1. The lowest BCUT2D eigenvalue weighted by atomic mass is 9.95. The molecule has 1 aliphatic heterocycles. The van der Waals surface area contributed by atoms with E-state index in [-0.39, 0.29) is 16.8 Å². The van der Waals surface area contributed by atoms with Crippen LogP contribution in [0.4, 0.5) is 18.9 Å². The van der Waals surface area contributed by atoms with Crippen LogP contribution in [0, 0.1) is 10.1 Å². The Hall–Kier alpha value is -3.27. The summed E-state index contributed by atoms with van der Waals surface area (Å²) in [5, 5.41) is 25.6. The van der Waals surface area contributed by atoms with E-state index in [1.807, 2.05) is 6.92 Å². The van der Waals surface area contributed by atoms with Gasteiger partial charge in [0, 0.05) is 23.3 Å². The molecule has 1 aliphatic rings. The van der Waals surface area contributed by atoms with E-state index in [9.17, 15) is 33.2 Å². The third-order valence-corrected chi connectivity index (χ3v) is 4.65. The van der Waals surface area contributed by atoms with Crippen LogP contribution in [-0.2, 0) is 12.1 Å². The first-order chi connectivity index (χ1) is 13.6. The summed E-state index contributed by atoms with van der Waals surface area (Å²) < 4.78 is 39.8. The summed E-state index contributed by atoms with van der Waals surface area (Å²) >= 11 is 0. The van der Waals surface area contributed by atoms with Crippen molar-refractivity contribution in [1.82, 2.24) is 5.01 Å². The highest BCUT2D eigenvalue weighted by Gasteiger charge is 2.53. The minimum absolute atomic E-state index is 0.0768. The second-order valence-electron chi connectivity index (χ2n) is 6.51. The second-order valence-corrected chi connectivity index (χ2v) is 6.51. The van der Waals surface area contributed by atoms with E-state index in [1.54, 1.807) is 12.1 Å². The second kappa shape index (κ2) is 7.28. The zero-order valence-corrected chi connectivity index (χ0v) is 15.2. The lowest BCUT2D eigenvalue weighted by molar-refractivity contribution is -0.384. The van der Waals surface area contributed by atoms with Gasteiger partial charge in [0.25, 0.3) is 11.6 Å². The molecule has 0 spiro atoms. The largest absolute Gasteiger partial charge is 0.431 e. The highest BCUT2D eigenvalue weighted by Crippen LogP contribution is 2.40. The van der Waals surface area contributed by atoms with Gasteiger partial charge in [-0.25, -0.2) is 0 Å². The third kappa shape index (κ3) is 3.83. The van der Waals surface area contributed by atoms with Crippen LogP contribution in [0.25, 0.3) is 0 Å². The fourth-order valence-corrected chi connectivity index (χ4v) is 3.00. The number of hydrogen-bond acceptors (Lipinski definition) is 5. The van der Waals surface area contributed by atoms with E-state index in [4.69, 9.17) is 0 Å². The van der Waals surface area contributed by atoms with Crippen LogP contribution in [0.5, 0.6) is 0 Å². The van der Waals surface area contributed by atoms with Gasteiger partial charge in [-0.3, -0.25) is 14.9 Å². The van der Waals surface area contributed by atoms with E-state index in [0.29, 0.717) is 11.4 Å². The molecule has 1 N–H and O–H groups in total. The molecule has 1 heterocycles. The zero-order chi connectivity index (χ0) is 21.4. The Morgan fingerprint density at radius 2 is 1.79 bits per heavy atom. The number of non-ortho nitro benzene ring substituents is 1. The average Bonchev–Trinajstić information content (AvgIpc) is 3.06. The van der Waals surface area contributed by atoms with E-state index in [2.05, 4.69) is 5.10 Å². The van der Waals surface area contributed by atoms with Gasteiger partial charge in [-0.15, -0.1) is 0 Å². The van der Waals surface area contributed by atoms with Crippen molar-refractivity contribution in [1.29, 1.82) is 0 Å². The van der Waals surface area contributed by atoms with Gasteiger partial charge in [-0.1, -0.05) is 31.2 Å². The van der Waals surface area contributed by atoms with Crippen LogP contribution in [0.1, 0.15) is 34.8 Å². The monoisotopic (exact) mass is 407 g/mol. The Kier molecular flexibility index (Phi) is 5.14. The van der Waals surface area contributed by atoms with Crippen molar-refractivity contribution >= 4 is 17.3 Å². The molecule has 0 aliphatic carbocycles. The van der Waals surface area contributed by atoms with Crippen molar-refractivity contribution in [3.8, 4) is 0 Å². The first-order valence-electron chi connectivity index (χ1n) is 8.61. The molecule has 7 nitrogen and oxygen atoms in total. The number of hydrogen-bond donors (Lipinski definition) is 1. The fraction of sp³-hybridized carbons (Fsp3) is 0.263. The number of carbonyl (C=O) groups excluding carboxylic acids is 1. The van der Waals surface area contributed by atoms with E-state index in [1.165, 1.54) is 12.1 Å². The summed E-state index contributed by atoms with van der Waals surface area (Å²) in [7, 11) is 0. The smallest absolute Gasteiger partial charge is 0.365 e. The summed E-state index contributed by atoms with van der Waals surface area (Å²) in [5.74, 6) is -1.01. The Labute approximate surface area is 163 Å². The average molecular weight is 407 g/mol.